The van der Waals surface area contributed by atoms with E-state index >= 15 is 0 Å². The number of carbonyl (C=O) groups is 4. The first-order valence-electron chi connectivity index (χ1n) is 13.4. The van der Waals surface area contributed by atoms with Gasteiger partial charge >= 0.3 is 17.9 Å². The Bertz CT molecular complexity index is 847. The van der Waals surface area contributed by atoms with E-state index in [0.717, 1.165) is 0 Å². The Morgan fingerprint density at radius 2 is 0.829 bits per heavy atom. The number of amides is 1. The Morgan fingerprint density at radius 3 is 1.10 bits per heavy atom. The number of aliphatic hydroxyl groups excluding tert-OH is 4. The van der Waals surface area contributed by atoms with Gasteiger partial charge in [0.1, 0.15) is 0 Å². The number of hydrogen-bond acceptors (Lipinski definition) is 13. The predicted molar refractivity (Wildman–Crippen MR) is 140 cm³/mol. The summed E-state index contributed by atoms with van der Waals surface area (Å²) in [6, 6.07) is -3.71. The molecule has 0 aliphatic carbocycles. The van der Waals surface area contributed by atoms with Crippen molar-refractivity contribution in [3.8, 4) is 0 Å². The van der Waals surface area contributed by atoms with Crippen molar-refractivity contribution in [3.63, 3.8) is 0 Å². The van der Waals surface area contributed by atoms with Crippen LogP contribution < -0.4 is 0 Å². The van der Waals surface area contributed by atoms with E-state index in [1.54, 1.807) is 9.80 Å². The molecule has 0 radical (unpaired) electrons. The third-order valence-electron chi connectivity index (χ3n) is 7.41. The maximum absolute atomic E-state index is 13.2. The Labute approximate surface area is 237 Å². The minimum atomic E-state index is -1.26. The molecular weight excluding hydrogens is 550 g/mol. The van der Waals surface area contributed by atoms with Gasteiger partial charge in [0.2, 0.25) is 5.91 Å². The van der Waals surface area contributed by atoms with E-state index in [1.165, 1.54) is 14.7 Å². The van der Waals surface area contributed by atoms with Gasteiger partial charge in [0.15, 0.2) is 0 Å². The summed E-state index contributed by atoms with van der Waals surface area (Å²) in [5.74, 6) is -4.05. The van der Waals surface area contributed by atoms with Crippen molar-refractivity contribution >= 4 is 23.8 Å². The van der Waals surface area contributed by atoms with Gasteiger partial charge in [0.05, 0.1) is 65.8 Å². The number of carboxylic acid groups (broad SMARTS) is 3. The zero-order valence-electron chi connectivity index (χ0n) is 23.0. The molecular formula is C24H43N5O12. The first-order valence-corrected chi connectivity index (χ1v) is 13.4. The van der Waals surface area contributed by atoms with Gasteiger partial charge in [-0.25, -0.2) is 0 Å². The molecule has 2 aliphatic heterocycles. The molecule has 0 saturated carbocycles. The number of aliphatic hydroxyl groups is 4. The molecule has 7 N–H and O–H groups in total. The number of aliphatic carboxylic acids is 3. The number of carbonyl (C=O) groups excluding carboxylic acids is 1. The van der Waals surface area contributed by atoms with Crippen molar-refractivity contribution in [1.82, 2.24) is 24.5 Å². The molecule has 0 aromatic heterocycles. The summed E-state index contributed by atoms with van der Waals surface area (Å²) < 4.78 is 5.30. The van der Waals surface area contributed by atoms with Crippen LogP contribution in [0.3, 0.4) is 0 Å². The second kappa shape index (κ2) is 17.5. The van der Waals surface area contributed by atoms with E-state index in [9.17, 15) is 54.9 Å². The largest absolute Gasteiger partial charge is 0.480 e. The van der Waals surface area contributed by atoms with Crippen molar-refractivity contribution in [2.45, 2.75) is 24.2 Å². The highest BCUT2D eigenvalue weighted by molar-refractivity contribution is 5.78. The number of nitrogens with zero attached hydrogens (tertiary/aromatic N) is 5. The minimum absolute atomic E-state index is 0.118. The van der Waals surface area contributed by atoms with Crippen LogP contribution in [0.4, 0.5) is 0 Å². The lowest BCUT2D eigenvalue weighted by Crippen LogP contribution is -2.62. The van der Waals surface area contributed by atoms with Gasteiger partial charge in [0, 0.05) is 63.4 Å². The van der Waals surface area contributed by atoms with E-state index in [0.29, 0.717) is 26.3 Å². The highest BCUT2D eigenvalue weighted by Gasteiger charge is 2.36. The highest BCUT2D eigenvalue weighted by atomic mass is 16.5. The number of rotatable bonds is 12. The molecule has 0 aromatic rings. The SMILES string of the molecule is O=C(O)CN1C[C@H](CO)N(CC(=O)N2CCOCC2)C[C@H](CO)N(CC(=O)O)C[C@H](CO)N(CC(=O)O)C[C@H]1CO. The molecule has 0 spiro atoms. The van der Waals surface area contributed by atoms with Crippen molar-refractivity contribution in [2.75, 3.05) is 105 Å². The summed E-state index contributed by atoms with van der Waals surface area (Å²) in [5.41, 5.74) is 0. The zero-order chi connectivity index (χ0) is 30.5. The van der Waals surface area contributed by atoms with E-state index in [-0.39, 0.29) is 38.6 Å². The number of hydrogen-bond donors (Lipinski definition) is 7. The van der Waals surface area contributed by atoms with E-state index < -0.39 is 88.1 Å². The fraction of sp³-hybridized carbons (Fsp3) is 0.833. The Morgan fingerprint density at radius 1 is 0.537 bits per heavy atom. The third kappa shape index (κ3) is 11.0. The van der Waals surface area contributed by atoms with Crippen LogP contribution in [-0.4, -0.2) is 213 Å². The van der Waals surface area contributed by atoms with Crippen LogP contribution in [0.15, 0.2) is 0 Å². The zero-order valence-corrected chi connectivity index (χ0v) is 23.0. The van der Waals surface area contributed by atoms with Gasteiger partial charge in [-0.05, 0) is 0 Å². The van der Waals surface area contributed by atoms with Gasteiger partial charge in [-0.3, -0.25) is 38.8 Å². The Kier molecular flexibility index (Phi) is 14.8. The van der Waals surface area contributed by atoms with Crippen LogP contribution in [0, 0.1) is 0 Å². The molecule has 236 valence electrons. The molecule has 17 nitrogen and oxygen atoms in total. The van der Waals surface area contributed by atoms with Gasteiger partial charge in [-0.2, -0.15) is 0 Å². The molecule has 0 unspecified atom stereocenters. The molecule has 41 heavy (non-hydrogen) atoms. The van der Waals surface area contributed by atoms with Gasteiger partial charge in [-0.15, -0.1) is 0 Å². The van der Waals surface area contributed by atoms with Gasteiger partial charge < -0.3 is 45.4 Å². The summed E-state index contributed by atoms with van der Waals surface area (Å²) in [4.78, 5) is 55.6. The molecule has 17 heteroatoms. The Balaban J connectivity index is 2.56. The van der Waals surface area contributed by atoms with Crippen molar-refractivity contribution < 1.29 is 59.7 Å². The fourth-order valence-corrected chi connectivity index (χ4v) is 5.22. The highest BCUT2D eigenvalue weighted by Crippen LogP contribution is 2.16. The van der Waals surface area contributed by atoms with Crippen LogP contribution in [-0.2, 0) is 23.9 Å². The summed E-state index contributed by atoms with van der Waals surface area (Å²) in [5, 5.41) is 69.9. The molecule has 4 atom stereocenters. The summed E-state index contributed by atoms with van der Waals surface area (Å²) in [6.07, 6.45) is 0. The molecule has 0 bridgehead atoms. The normalized spacial score (nSPS) is 26.7. The molecule has 2 heterocycles. The second-order valence-electron chi connectivity index (χ2n) is 10.2. The Hall–Kier alpha value is -2.48. The molecule has 0 aromatic carbocycles. The van der Waals surface area contributed by atoms with Crippen LogP contribution in [0.1, 0.15) is 0 Å². The van der Waals surface area contributed by atoms with E-state index in [2.05, 4.69) is 0 Å². The predicted octanol–water partition coefficient (Wildman–Crippen LogP) is -5.24. The minimum Gasteiger partial charge on any atom is -0.480 e. The number of carboxylic acids is 3. The van der Waals surface area contributed by atoms with Crippen LogP contribution in [0.25, 0.3) is 0 Å². The molecule has 2 aliphatic rings. The van der Waals surface area contributed by atoms with Crippen molar-refractivity contribution in [3.05, 3.63) is 0 Å². The fourth-order valence-electron chi connectivity index (χ4n) is 5.22. The lowest BCUT2D eigenvalue weighted by molar-refractivity contribution is -0.144. The standard InChI is InChI=1S/C24H43N5O12/c30-13-17-6-27(10-22(35)36)19(15-32)8-29(12-24(39)40)20(16-33)7-28(11-23(37)38)18(14-31)5-26(17)9-21(34)25-1-3-41-4-2-25/h17-20,30-33H,1-16H2,(H,35,36)(H,37,38)(H,39,40)/t17-,18-,19+,20-/m1/s1. The van der Waals surface area contributed by atoms with Crippen molar-refractivity contribution in [2.24, 2.45) is 0 Å². The summed E-state index contributed by atoms with van der Waals surface area (Å²) >= 11 is 0. The topological polar surface area (TPSA) is 235 Å². The maximum Gasteiger partial charge on any atom is 0.317 e. The molecule has 2 fully saturated rings. The third-order valence-corrected chi connectivity index (χ3v) is 7.41. The van der Waals surface area contributed by atoms with Crippen molar-refractivity contribution in [1.29, 1.82) is 0 Å². The monoisotopic (exact) mass is 593 g/mol. The number of morpholine rings is 1. The smallest absolute Gasteiger partial charge is 0.317 e. The lowest BCUT2D eigenvalue weighted by atomic mass is 10.1. The summed E-state index contributed by atoms with van der Waals surface area (Å²) in [7, 11) is 0. The van der Waals surface area contributed by atoms with Crippen LogP contribution in [0.2, 0.25) is 0 Å². The number of ether oxygens (including phenoxy) is 1. The van der Waals surface area contributed by atoms with Crippen LogP contribution >= 0.6 is 0 Å². The second-order valence-corrected chi connectivity index (χ2v) is 10.2. The van der Waals surface area contributed by atoms with Gasteiger partial charge in [-0.1, -0.05) is 0 Å². The first kappa shape index (κ1) is 34.7. The van der Waals surface area contributed by atoms with Crippen LogP contribution in [0.5, 0.6) is 0 Å². The lowest BCUT2D eigenvalue weighted by Gasteiger charge is -2.44. The van der Waals surface area contributed by atoms with E-state index in [1.807, 2.05) is 0 Å². The molecule has 2 rings (SSSR count). The molecule has 1 amide bonds. The first-order chi connectivity index (χ1) is 19.5. The molecule has 2 saturated heterocycles. The van der Waals surface area contributed by atoms with Gasteiger partial charge in [0.25, 0.3) is 0 Å². The maximum atomic E-state index is 13.2. The average molecular weight is 594 g/mol. The quantitative estimate of drug-likeness (QED) is 0.112. The van der Waals surface area contributed by atoms with E-state index in [4.69, 9.17) is 4.74 Å². The summed E-state index contributed by atoms with van der Waals surface area (Å²) in [6.45, 7) is -3.59. The average Bonchev–Trinajstić information content (AvgIpc) is 2.93.